The van der Waals surface area contributed by atoms with Gasteiger partial charge < -0.3 is 0 Å². The van der Waals surface area contributed by atoms with Crippen molar-refractivity contribution in [2.75, 3.05) is 0 Å². The van der Waals surface area contributed by atoms with E-state index in [2.05, 4.69) is 152 Å². The molecule has 0 radical (unpaired) electrons. The maximum absolute atomic E-state index is 5.64. The fourth-order valence-corrected chi connectivity index (χ4v) is 6.24. The van der Waals surface area contributed by atoms with Crippen molar-refractivity contribution in [3.63, 3.8) is 0 Å². The topological polar surface area (TPSA) is 27.6 Å². The van der Waals surface area contributed by atoms with Gasteiger partial charge in [0.2, 0.25) is 0 Å². The van der Waals surface area contributed by atoms with Gasteiger partial charge in [-0.05, 0) is 22.3 Å². The highest BCUT2D eigenvalue weighted by Crippen LogP contribution is 2.55. The summed E-state index contributed by atoms with van der Waals surface area (Å²) < 4.78 is 0. The van der Waals surface area contributed by atoms with Crippen LogP contribution in [0.15, 0.2) is 126 Å². The summed E-state index contributed by atoms with van der Waals surface area (Å²) in [5.41, 5.74) is 6.34. The van der Waals surface area contributed by atoms with Gasteiger partial charge in [-0.25, -0.2) is 0 Å². The summed E-state index contributed by atoms with van der Waals surface area (Å²) in [5.74, 6) is 0.185. The predicted octanol–water partition coefficient (Wildman–Crippen LogP) is 7.89. The summed E-state index contributed by atoms with van der Waals surface area (Å²) in [4.78, 5) is 8.26. The zero-order valence-electron chi connectivity index (χ0n) is 21.8. The number of rotatable bonds is 4. The number of benzene rings is 4. The molecule has 2 aliphatic heterocycles. The summed E-state index contributed by atoms with van der Waals surface area (Å²) in [6.45, 7) is 6.95. The van der Waals surface area contributed by atoms with Gasteiger partial charge in [0.05, 0.1) is 6.17 Å². The lowest BCUT2D eigenvalue weighted by Crippen LogP contribution is -2.59. The van der Waals surface area contributed by atoms with Crippen molar-refractivity contribution in [1.29, 1.82) is 0 Å². The average molecular weight is 486 g/mol. The monoisotopic (exact) mass is 485 g/mol. The lowest BCUT2D eigenvalue weighted by atomic mass is 9.68. The molecule has 6 atom stereocenters. The van der Waals surface area contributed by atoms with Crippen molar-refractivity contribution in [3.05, 3.63) is 144 Å². The Balaban J connectivity index is 1.64. The molecule has 1 saturated heterocycles. The van der Waals surface area contributed by atoms with E-state index in [1.165, 1.54) is 28.0 Å². The van der Waals surface area contributed by atoms with E-state index < -0.39 is 0 Å². The lowest BCUT2D eigenvalue weighted by Gasteiger charge is -2.57. The summed E-state index contributed by atoms with van der Waals surface area (Å²) in [6, 6.07) is 44.0. The lowest BCUT2D eigenvalue weighted by molar-refractivity contribution is -0.0293. The Kier molecular flexibility index (Phi) is 6.27. The van der Waals surface area contributed by atoms with Gasteiger partial charge in [0.1, 0.15) is 6.17 Å². The van der Waals surface area contributed by atoms with Crippen molar-refractivity contribution < 1.29 is 0 Å². The molecule has 4 aromatic rings. The number of hydrogen-bond donors (Lipinski definition) is 1. The van der Waals surface area contributed by atoms with Gasteiger partial charge in [-0.2, -0.15) is 0 Å². The van der Waals surface area contributed by atoms with Gasteiger partial charge >= 0.3 is 0 Å². The van der Waals surface area contributed by atoms with Crippen molar-refractivity contribution >= 4 is 5.71 Å². The first-order chi connectivity index (χ1) is 18.0. The summed E-state index contributed by atoms with van der Waals surface area (Å²) in [6.07, 6.45) is -0.0883. The Morgan fingerprint density at radius 1 is 0.595 bits per heavy atom. The van der Waals surface area contributed by atoms with Crippen LogP contribution in [0.5, 0.6) is 0 Å². The van der Waals surface area contributed by atoms with Gasteiger partial charge in [-0.15, -0.1) is 0 Å². The zero-order chi connectivity index (χ0) is 25.4. The molecule has 6 rings (SSSR count). The Bertz CT molecular complexity index is 1340. The zero-order valence-corrected chi connectivity index (χ0v) is 21.8. The highest BCUT2D eigenvalue weighted by Gasteiger charge is 2.53. The number of hydrogen-bond acceptors (Lipinski definition) is 3. The van der Waals surface area contributed by atoms with Crippen molar-refractivity contribution in [1.82, 2.24) is 10.2 Å². The Labute approximate surface area is 220 Å². The van der Waals surface area contributed by atoms with Crippen molar-refractivity contribution in [3.8, 4) is 0 Å². The average Bonchev–Trinajstić information content (AvgIpc) is 2.94. The summed E-state index contributed by atoms with van der Waals surface area (Å²) in [7, 11) is 0. The van der Waals surface area contributed by atoms with E-state index in [4.69, 9.17) is 4.99 Å². The Morgan fingerprint density at radius 2 is 1.05 bits per heavy atom. The third-order valence-electron chi connectivity index (χ3n) is 7.80. The van der Waals surface area contributed by atoms with E-state index in [0.29, 0.717) is 0 Å². The van der Waals surface area contributed by atoms with E-state index in [1.54, 1.807) is 0 Å². The van der Waals surface area contributed by atoms with E-state index in [9.17, 15) is 0 Å². The van der Waals surface area contributed by atoms with Crippen LogP contribution in [-0.4, -0.2) is 10.6 Å². The van der Waals surface area contributed by atoms with Crippen LogP contribution >= 0.6 is 0 Å². The number of fused-ring (bicyclic) bond motifs is 2. The van der Waals surface area contributed by atoms with Gasteiger partial charge in [0, 0.05) is 29.1 Å². The van der Waals surface area contributed by atoms with Crippen LogP contribution < -0.4 is 5.32 Å². The first-order valence-corrected chi connectivity index (χ1v) is 13.3. The molecule has 2 bridgehead atoms. The molecule has 37 heavy (non-hydrogen) atoms. The third-order valence-corrected chi connectivity index (χ3v) is 7.80. The molecule has 0 aliphatic carbocycles. The fraction of sp³-hybridized carbons (Fsp3) is 0.265. The Hall–Kier alpha value is -3.53. The third kappa shape index (κ3) is 4.43. The first kappa shape index (κ1) is 23.8. The SMILES string of the molecule is CC(C)(C)C1=N[C@@H](c2ccccc2)N2[C@@H](c3ccccc3)N[C@@H](c3ccccc3)[C@H]1[C@H]2c1ccccc1. The summed E-state index contributed by atoms with van der Waals surface area (Å²) >= 11 is 0. The molecule has 0 amide bonds. The molecule has 2 heterocycles. The molecule has 0 aromatic heterocycles. The molecule has 0 saturated carbocycles. The first-order valence-electron chi connectivity index (χ1n) is 13.3. The van der Waals surface area contributed by atoms with Gasteiger partial charge in [0.15, 0.2) is 0 Å². The molecule has 1 N–H and O–H groups in total. The molecule has 4 aromatic carbocycles. The van der Waals surface area contributed by atoms with Crippen molar-refractivity contribution in [2.45, 2.75) is 45.2 Å². The molecular weight excluding hydrogens is 450 g/mol. The molecule has 3 nitrogen and oxygen atoms in total. The number of nitrogens with zero attached hydrogens (tertiary/aromatic N) is 2. The molecule has 0 spiro atoms. The van der Waals surface area contributed by atoms with Crippen LogP contribution in [0.4, 0.5) is 0 Å². The normalized spacial score (nSPS) is 27.4. The Morgan fingerprint density at radius 3 is 1.57 bits per heavy atom. The molecule has 186 valence electrons. The van der Waals surface area contributed by atoms with Crippen molar-refractivity contribution in [2.24, 2.45) is 16.3 Å². The minimum absolute atomic E-state index is 0.00309. The van der Waals surface area contributed by atoms with Crippen LogP contribution in [-0.2, 0) is 0 Å². The molecule has 3 heteroatoms. The standard InChI is InChI=1S/C34H35N3/c1-34(2,3)31-28-29(24-16-8-4-9-17-24)35-32(26-20-12-6-13-21-26)37(30(28)25-18-10-5-11-19-25)33(36-31)27-22-14-7-15-23-27/h4-23,28-30,32-33,35H,1-3H3/t28-,29-,30+,32-,33+/m0/s1. The molecular formula is C34H35N3. The number of nitrogens with one attached hydrogen (secondary N) is 1. The highest BCUT2D eigenvalue weighted by atomic mass is 15.4. The minimum atomic E-state index is -0.0914. The molecule has 1 unspecified atom stereocenters. The van der Waals surface area contributed by atoms with E-state index in [0.717, 1.165) is 0 Å². The second-order valence-corrected chi connectivity index (χ2v) is 11.2. The quantitative estimate of drug-likeness (QED) is 0.318. The van der Waals surface area contributed by atoms with E-state index in [-0.39, 0.29) is 35.7 Å². The predicted molar refractivity (Wildman–Crippen MR) is 152 cm³/mol. The smallest absolute Gasteiger partial charge is 0.130 e. The maximum Gasteiger partial charge on any atom is 0.130 e. The molecule has 1 fully saturated rings. The second-order valence-electron chi connectivity index (χ2n) is 11.2. The second kappa shape index (κ2) is 9.74. The molecule has 2 aliphatic rings. The maximum atomic E-state index is 5.64. The summed E-state index contributed by atoms with van der Waals surface area (Å²) in [5, 5.41) is 4.13. The van der Waals surface area contributed by atoms with Crippen LogP contribution in [0.1, 0.15) is 67.4 Å². The van der Waals surface area contributed by atoms with Crippen LogP contribution in [0.2, 0.25) is 0 Å². The van der Waals surface area contributed by atoms with E-state index >= 15 is 0 Å². The minimum Gasteiger partial charge on any atom is -0.290 e. The van der Waals surface area contributed by atoms with Crippen LogP contribution in [0.25, 0.3) is 0 Å². The van der Waals surface area contributed by atoms with Gasteiger partial charge in [-0.3, -0.25) is 15.2 Å². The largest absolute Gasteiger partial charge is 0.290 e. The number of aliphatic imine (C=N–C) groups is 1. The fourth-order valence-electron chi connectivity index (χ4n) is 6.24. The van der Waals surface area contributed by atoms with Crippen LogP contribution in [0.3, 0.4) is 0 Å². The van der Waals surface area contributed by atoms with E-state index in [1.807, 2.05) is 0 Å². The van der Waals surface area contributed by atoms with Gasteiger partial charge in [-0.1, -0.05) is 142 Å². The highest BCUT2D eigenvalue weighted by molar-refractivity contribution is 5.94. The van der Waals surface area contributed by atoms with Gasteiger partial charge in [0.25, 0.3) is 0 Å². The van der Waals surface area contributed by atoms with Crippen LogP contribution in [0, 0.1) is 11.3 Å².